The Morgan fingerprint density at radius 3 is 2.45 bits per heavy atom. The number of nitrogens with one attached hydrogen (secondary N) is 1. The molecule has 0 aromatic carbocycles. The van der Waals surface area contributed by atoms with E-state index in [1.807, 2.05) is 6.92 Å². The van der Waals surface area contributed by atoms with Gasteiger partial charge in [0.1, 0.15) is 0 Å². The summed E-state index contributed by atoms with van der Waals surface area (Å²) in [6.45, 7) is 13.3. The minimum atomic E-state index is -2.89. The first-order valence-electron chi connectivity index (χ1n) is 7.92. The van der Waals surface area contributed by atoms with E-state index in [9.17, 15) is 8.42 Å². The van der Waals surface area contributed by atoms with E-state index in [1.54, 1.807) is 0 Å². The number of piperazine rings is 1. The number of hydrogen-bond donors (Lipinski definition) is 1. The van der Waals surface area contributed by atoms with Crippen LogP contribution in [0.1, 0.15) is 47.5 Å². The van der Waals surface area contributed by atoms with E-state index >= 15 is 0 Å². The molecule has 1 aliphatic rings. The second-order valence-electron chi connectivity index (χ2n) is 6.73. The first kappa shape index (κ1) is 17.9. The van der Waals surface area contributed by atoms with Crippen LogP contribution in [0, 0.1) is 5.92 Å². The van der Waals surface area contributed by atoms with Crippen LogP contribution in [0.3, 0.4) is 0 Å². The fourth-order valence-corrected chi connectivity index (χ4v) is 4.25. The van der Waals surface area contributed by atoms with E-state index in [1.165, 1.54) is 0 Å². The van der Waals surface area contributed by atoms with Crippen molar-refractivity contribution in [3.05, 3.63) is 0 Å². The van der Waals surface area contributed by atoms with Gasteiger partial charge >= 0.3 is 0 Å². The van der Waals surface area contributed by atoms with E-state index in [2.05, 4.69) is 37.9 Å². The molecule has 0 saturated carbocycles. The molecular formula is C15H32N2O2S. The molecule has 1 aliphatic heterocycles. The fraction of sp³-hybridized carbons (Fsp3) is 1.00. The van der Waals surface area contributed by atoms with Crippen LogP contribution in [0.4, 0.5) is 0 Å². The molecule has 0 spiro atoms. The van der Waals surface area contributed by atoms with Crippen LogP contribution in [0.15, 0.2) is 0 Å². The maximum atomic E-state index is 11.9. The van der Waals surface area contributed by atoms with Crippen LogP contribution >= 0.6 is 0 Å². The molecule has 5 heteroatoms. The van der Waals surface area contributed by atoms with Gasteiger partial charge in [-0.05, 0) is 25.7 Å². The van der Waals surface area contributed by atoms with Crippen LogP contribution in [0.5, 0.6) is 0 Å². The molecule has 0 aliphatic carbocycles. The number of nitrogens with zero attached hydrogens (tertiary/aromatic N) is 1. The van der Waals surface area contributed by atoms with Gasteiger partial charge in [0.05, 0.1) is 5.75 Å². The third kappa shape index (κ3) is 5.01. The number of hydrogen-bond acceptors (Lipinski definition) is 4. The number of rotatable bonds is 7. The summed E-state index contributed by atoms with van der Waals surface area (Å²) in [5.74, 6) is 1.15. The summed E-state index contributed by atoms with van der Waals surface area (Å²) in [7, 11) is -2.89. The first-order valence-corrected chi connectivity index (χ1v) is 9.74. The number of sulfone groups is 1. The Kier molecular flexibility index (Phi) is 6.48. The Hall–Kier alpha value is -0.130. The SMILES string of the molecule is CCCS(=O)(=O)CCN1CC(C)(CC)NCC1C(C)C. The van der Waals surface area contributed by atoms with Crippen molar-refractivity contribution in [2.24, 2.45) is 5.92 Å². The summed E-state index contributed by atoms with van der Waals surface area (Å²) in [5, 5.41) is 3.64. The van der Waals surface area contributed by atoms with Crippen molar-refractivity contribution in [3.8, 4) is 0 Å². The van der Waals surface area contributed by atoms with Crippen molar-refractivity contribution < 1.29 is 8.42 Å². The van der Waals surface area contributed by atoms with E-state index in [0.717, 1.165) is 19.5 Å². The van der Waals surface area contributed by atoms with Crippen LogP contribution in [0.2, 0.25) is 0 Å². The Morgan fingerprint density at radius 1 is 1.30 bits per heavy atom. The predicted molar refractivity (Wildman–Crippen MR) is 85.8 cm³/mol. The lowest BCUT2D eigenvalue weighted by Crippen LogP contribution is -2.64. The molecule has 2 atom stereocenters. The lowest BCUT2D eigenvalue weighted by molar-refractivity contribution is 0.0658. The van der Waals surface area contributed by atoms with Gasteiger partial charge in [0.2, 0.25) is 0 Å². The fourth-order valence-electron chi connectivity index (χ4n) is 2.91. The Balaban J connectivity index is 2.70. The van der Waals surface area contributed by atoms with Gasteiger partial charge in [-0.15, -0.1) is 0 Å². The molecular weight excluding hydrogens is 272 g/mol. The normalized spacial score (nSPS) is 29.0. The Bertz CT molecular complexity index is 395. The summed E-state index contributed by atoms with van der Waals surface area (Å²) >= 11 is 0. The molecule has 4 nitrogen and oxygen atoms in total. The molecule has 0 aromatic rings. The van der Waals surface area contributed by atoms with Gasteiger partial charge in [0, 0.05) is 37.0 Å². The smallest absolute Gasteiger partial charge is 0.151 e. The zero-order chi connectivity index (χ0) is 15.4. The average Bonchev–Trinajstić information content (AvgIpc) is 2.36. The second-order valence-corrected chi connectivity index (χ2v) is 9.03. The largest absolute Gasteiger partial charge is 0.309 e. The maximum Gasteiger partial charge on any atom is 0.151 e. The molecule has 2 unspecified atom stereocenters. The molecule has 0 bridgehead atoms. The van der Waals surface area contributed by atoms with Crippen LogP contribution in [0.25, 0.3) is 0 Å². The molecule has 20 heavy (non-hydrogen) atoms. The lowest BCUT2D eigenvalue weighted by Gasteiger charge is -2.47. The van der Waals surface area contributed by atoms with E-state index in [-0.39, 0.29) is 5.54 Å². The predicted octanol–water partition coefficient (Wildman–Crippen LogP) is 1.91. The highest BCUT2D eigenvalue weighted by molar-refractivity contribution is 7.91. The molecule has 0 radical (unpaired) electrons. The second kappa shape index (κ2) is 7.23. The van der Waals surface area contributed by atoms with Crippen LogP contribution in [-0.4, -0.2) is 56.0 Å². The minimum Gasteiger partial charge on any atom is -0.309 e. The highest BCUT2D eigenvalue weighted by atomic mass is 32.2. The van der Waals surface area contributed by atoms with Gasteiger partial charge in [0.25, 0.3) is 0 Å². The van der Waals surface area contributed by atoms with E-state index in [4.69, 9.17) is 0 Å². The van der Waals surface area contributed by atoms with Crippen molar-refractivity contribution in [2.75, 3.05) is 31.1 Å². The standard InChI is InChI=1S/C15H32N2O2S/c1-6-9-20(18,19)10-8-17-12-15(5,7-2)16-11-14(17)13(3)4/h13-14,16H,6-12H2,1-5H3. The monoisotopic (exact) mass is 304 g/mol. The average molecular weight is 304 g/mol. The molecule has 0 amide bonds. The van der Waals surface area contributed by atoms with Gasteiger partial charge in [-0.1, -0.05) is 27.7 Å². The molecule has 1 heterocycles. The topological polar surface area (TPSA) is 49.4 Å². The Labute approximate surface area is 125 Å². The summed E-state index contributed by atoms with van der Waals surface area (Å²) in [6, 6.07) is 0.437. The quantitative estimate of drug-likeness (QED) is 0.780. The van der Waals surface area contributed by atoms with Crippen molar-refractivity contribution >= 4 is 9.84 Å². The lowest BCUT2D eigenvalue weighted by atomic mass is 9.90. The molecule has 0 aromatic heterocycles. The van der Waals surface area contributed by atoms with Crippen LogP contribution in [-0.2, 0) is 9.84 Å². The summed E-state index contributed by atoms with van der Waals surface area (Å²) in [6.07, 6.45) is 1.78. The molecule has 1 N–H and O–H groups in total. The maximum absolute atomic E-state index is 11.9. The summed E-state index contributed by atoms with van der Waals surface area (Å²) in [4.78, 5) is 2.39. The molecule has 1 fully saturated rings. The van der Waals surface area contributed by atoms with Gasteiger partial charge < -0.3 is 5.32 Å². The van der Waals surface area contributed by atoms with Gasteiger partial charge in [-0.2, -0.15) is 0 Å². The van der Waals surface area contributed by atoms with Crippen LogP contribution < -0.4 is 5.32 Å². The highest BCUT2D eigenvalue weighted by Crippen LogP contribution is 2.22. The third-order valence-electron chi connectivity index (χ3n) is 4.51. The van der Waals surface area contributed by atoms with Crippen molar-refractivity contribution in [1.82, 2.24) is 10.2 Å². The van der Waals surface area contributed by atoms with Crippen molar-refractivity contribution in [2.45, 2.75) is 59.0 Å². The van der Waals surface area contributed by atoms with Crippen molar-refractivity contribution in [1.29, 1.82) is 0 Å². The van der Waals surface area contributed by atoms with Crippen molar-refractivity contribution in [3.63, 3.8) is 0 Å². The highest BCUT2D eigenvalue weighted by Gasteiger charge is 2.35. The van der Waals surface area contributed by atoms with E-state index in [0.29, 0.717) is 36.4 Å². The zero-order valence-corrected chi connectivity index (χ0v) is 14.6. The molecule has 1 saturated heterocycles. The van der Waals surface area contributed by atoms with E-state index < -0.39 is 9.84 Å². The zero-order valence-electron chi connectivity index (χ0n) is 13.8. The third-order valence-corrected chi connectivity index (χ3v) is 6.35. The van der Waals surface area contributed by atoms with Gasteiger partial charge in [-0.3, -0.25) is 4.90 Å². The molecule has 1 rings (SSSR count). The van der Waals surface area contributed by atoms with Gasteiger partial charge in [0.15, 0.2) is 9.84 Å². The first-order chi connectivity index (χ1) is 9.23. The summed E-state index contributed by atoms with van der Waals surface area (Å²) in [5.41, 5.74) is 0.111. The molecule has 120 valence electrons. The summed E-state index contributed by atoms with van der Waals surface area (Å²) < 4.78 is 23.9. The minimum absolute atomic E-state index is 0.111. The van der Waals surface area contributed by atoms with Gasteiger partial charge in [-0.25, -0.2) is 8.42 Å². The Morgan fingerprint density at radius 2 is 1.95 bits per heavy atom.